The predicted octanol–water partition coefficient (Wildman–Crippen LogP) is 1.99. The molecule has 0 bridgehead atoms. The number of hydrogen-bond acceptors (Lipinski definition) is 6. The van der Waals surface area contributed by atoms with Gasteiger partial charge in [0.15, 0.2) is 0 Å². The van der Waals surface area contributed by atoms with Crippen LogP contribution < -0.4 is 5.32 Å². The molecule has 6 nitrogen and oxygen atoms in total. The normalized spacial score (nSPS) is 10.2. The van der Waals surface area contributed by atoms with Crippen molar-refractivity contribution in [1.29, 1.82) is 0 Å². The van der Waals surface area contributed by atoms with E-state index >= 15 is 0 Å². The summed E-state index contributed by atoms with van der Waals surface area (Å²) in [6.45, 7) is 1.82. The summed E-state index contributed by atoms with van der Waals surface area (Å²) in [6, 6.07) is 4.06. The molecule has 0 unspecified atom stereocenters. The SMILES string of the molecule is Cc1nnc(Nc2ccc(C(=O)O)cc2O)s1. The van der Waals surface area contributed by atoms with Crippen LogP contribution in [0.3, 0.4) is 0 Å². The van der Waals surface area contributed by atoms with Gasteiger partial charge in [0, 0.05) is 0 Å². The maximum absolute atomic E-state index is 10.7. The first-order valence-electron chi connectivity index (χ1n) is 4.69. The number of nitrogens with zero attached hydrogens (tertiary/aromatic N) is 2. The highest BCUT2D eigenvalue weighted by molar-refractivity contribution is 7.15. The Morgan fingerprint density at radius 2 is 2.18 bits per heavy atom. The van der Waals surface area contributed by atoms with Gasteiger partial charge in [0.05, 0.1) is 11.3 Å². The van der Waals surface area contributed by atoms with Crippen LogP contribution >= 0.6 is 11.3 Å². The van der Waals surface area contributed by atoms with Gasteiger partial charge in [-0.2, -0.15) is 0 Å². The highest BCUT2D eigenvalue weighted by atomic mass is 32.1. The zero-order valence-electron chi connectivity index (χ0n) is 8.84. The Morgan fingerprint density at radius 3 is 2.71 bits per heavy atom. The monoisotopic (exact) mass is 251 g/mol. The van der Waals surface area contributed by atoms with Gasteiger partial charge in [-0.3, -0.25) is 0 Å². The van der Waals surface area contributed by atoms with Crippen molar-refractivity contribution >= 4 is 28.1 Å². The van der Waals surface area contributed by atoms with Crippen molar-refractivity contribution < 1.29 is 15.0 Å². The number of anilines is 2. The molecule has 88 valence electrons. The van der Waals surface area contributed by atoms with Gasteiger partial charge in [-0.15, -0.1) is 10.2 Å². The zero-order valence-corrected chi connectivity index (χ0v) is 9.65. The van der Waals surface area contributed by atoms with Crippen LogP contribution in [0.25, 0.3) is 0 Å². The van der Waals surface area contributed by atoms with E-state index in [0.29, 0.717) is 10.8 Å². The lowest BCUT2D eigenvalue weighted by Crippen LogP contribution is -1.97. The number of carbonyl (C=O) groups is 1. The molecule has 3 N–H and O–H groups in total. The Morgan fingerprint density at radius 1 is 1.41 bits per heavy atom. The first-order valence-corrected chi connectivity index (χ1v) is 5.51. The Kier molecular flexibility index (Phi) is 2.92. The van der Waals surface area contributed by atoms with Gasteiger partial charge in [-0.25, -0.2) is 4.79 Å². The molecular weight excluding hydrogens is 242 g/mol. The van der Waals surface area contributed by atoms with Crippen LogP contribution in [-0.2, 0) is 0 Å². The van der Waals surface area contributed by atoms with Gasteiger partial charge < -0.3 is 15.5 Å². The van der Waals surface area contributed by atoms with E-state index < -0.39 is 5.97 Å². The summed E-state index contributed by atoms with van der Waals surface area (Å²) >= 11 is 1.34. The number of hydrogen-bond donors (Lipinski definition) is 3. The van der Waals surface area contributed by atoms with Crippen molar-refractivity contribution in [2.24, 2.45) is 0 Å². The minimum Gasteiger partial charge on any atom is -0.506 e. The number of nitrogens with one attached hydrogen (secondary N) is 1. The van der Waals surface area contributed by atoms with Crippen molar-refractivity contribution in [3.05, 3.63) is 28.8 Å². The topological polar surface area (TPSA) is 95.3 Å². The van der Waals surface area contributed by atoms with Gasteiger partial charge >= 0.3 is 5.97 Å². The van der Waals surface area contributed by atoms with Crippen LogP contribution in [-0.4, -0.2) is 26.4 Å². The highest BCUT2D eigenvalue weighted by Crippen LogP contribution is 2.28. The molecular formula is C10H9N3O3S. The van der Waals surface area contributed by atoms with E-state index in [-0.39, 0.29) is 11.3 Å². The molecule has 0 aliphatic heterocycles. The molecule has 1 heterocycles. The molecule has 1 aromatic carbocycles. The van der Waals surface area contributed by atoms with E-state index in [4.69, 9.17) is 5.11 Å². The Hall–Kier alpha value is -2.15. The zero-order chi connectivity index (χ0) is 12.4. The molecule has 0 saturated heterocycles. The molecule has 1 aromatic heterocycles. The lowest BCUT2D eigenvalue weighted by molar-refractivity contribution is 0.0696. The third-order valence-electron chi connectivity index (χ3n) is 2.01. The van der Waals surface area contributed by atoms with Crippen LogP contribution in [0.4, 0.5) is 10.8 Å². The van der Waals surface area contributed by atoms with Crippen molar-refractivity contribution in [3.63, 3.8) is 0 Å². The lowest BCUT2D eigenvalue weighted by atomic mass is 10.2. The smallest absolute Gasteiger partial charge is 0.335 e. The summed E-state index contributed by atoms with van der Waals surface area (Å²) in [4.78, 5) is 10.7. The highest BCUT2D eigenvalue weighted by Gasteiger charge is 2.09. The predicted molar refractivity (Wildman–Crippen MR) is 63.0 cm³/mol. The minimum absolute atomic E-state index is 0.0292. The number of carboxylic acids is 1. The summed E-state index contributed by atoms with van der Waals surface area (Å²) < 4.78 is 0. The number of aryl methyl sites for hydroxylation is 1. The molecule has 0 radical (unpaired) electrons. The Bertz CT molecular complexity index is 568. The fourth-order valence-corrected chi connectivity index (χ4v) is 1.84. The van der Waals surface area contributed by atoms with Gasteiger partial charge in [-0.1, -0.05) is 11.3 Å². The third-order valence-corrected chi connectivity index (χ3v) is 2.77. The summed E-state index contributed by atoms with van der Waals surface area (Å²) in [7, 11) is 0. The van der Waals surface area contributed by atoms with Crippen LogP contribution in [0, 0.1) is 6.92 Å². The van der Waals surface area contributed by atoms with E-state index in [1.807, 2.05) is 6.92 Å². The number of carboxylic acid groups (broad SMARTS) is 1. The molecule has 0 fully saturated rings. The van der Waals surface area contributed by atoms with Crippen molar-refractivity contribution in [2.45, 2.75) is 6.92 Å². The fourth-order valence-electron chi connectivity index (χ4n) is 1.23. The number of phenols is 1. The van der Waals surface area contributed by atoms with E-state index in [0.717, 1.165) is 5.01 Å². The van der Waals surface area contributed by atoms with E-state index in [1.54, 1.807) is 0 Å². The molecule has 0 atom stereocenters. The number of aromatic carboxylic acids is 1. The summed E-state index contributed by atoms with van der Waals surface area (Å²) in [5.74, 6) is -1.23. The molecule has 17 heavy (non-hydrogen) atoms. The van der Waals surface area contributed by atoms with Crippen molar-refractivity contribution in [2.75, 3.05) is 5.32 Å². The maximum Gasteiger partial charge on any atom is 0.335 e. The van der Waals surface area contributed by atoms with Crippen LogP contribution in [0.5, 0.6) is 5.75 Å². The van der Waals surface area contributed by atoms with Crippen molar-refractivity contribution in [1.82, 2.24) is 10.2 Å². The number of phenolic OH excluding ortho intramolecular Hbond substituents is 1. The van der Waals surface area contributed by atoms with Gasteiger partial charge in [-0.05, 0) is 25.1 Å². The lowest BCUT2D eigenvalue weighted by Gasteiger charge is -2.05. The Labute approximate surface area is 101 Å². The second kappa shape index (κ2) is 4.38. The van der Waals surface area contributed by atoms with E-state index in [2.05, 4.69) is 15.5 Å². The fraction of sp³-hybridized carbons (Fsp3) is 0.100. The molecule has 0 amide bonds. The van der Waals surface area contributed by atoms with Gasteiger partial charge in [0.1, 0.15) is 10.8 Å². The average Bonchev–Trinajstić information content (AvgIpc) is 2.67. The third kappa shape index (κ3) is 2.51. The van der Waals surface area contributed by atoms with Crippen LogP contribution in [0.1, 0.15) is 15.4 Å². The van der Waals surface area contributed by atoms with E-state index in [1.165, 1.54) is 29.5 Å². The second-order valence-electron chi connectivity index (χ2n) is 3.29. The molecule has 0 saturated carbocycles. The van der Waals surface area contributed by atoms with Crippen molar-refractivity contribution in [3.8, 4) is 5.75 Å². The summed E-state index contributed by atoms with van der Waals surface area (Å²) in [5, 5.41) is 30.2. The Balaban J connectivity index is 2.25. The largest absolute Gasteiger partial charge is 0.506 e. The number of aromatic nitrogens is 2. The number of aromatic hydroxyl groups is 1. The first kappa shape index (κ1) is 11.3. The number of benzene rings is 1. The maximum atomic E-state index is 10.7. The first-order chi connectivity index (χ1) is 8.06. The molecule has 2 rings (SSSR count). The average molecular weight is 251 g/mol. The minimum atomic E-state index is -1.08. The van der Waals surface area contributed by atoms with Gasteiger partial charge in [0.25, 0.3) is 0 Å². The summed E-state index contributed by atoms with van der Waals surface area (Å²) in [5.41, 5.74) is 0.424. The van der Waals surface area contributed by atoms with Crippen LogP contribution in [0.15, 0.2) is 18.2 Å². The standard InChI is InChI=1S/C10H9N3O3S/c1-5-12-13-10(17-5)11-7-3-2-6(9(15)16)4-8(7)14/h2-4,14H,1H3,(H,11,13)(H,15,16). The molecule has 7 heteroatoms. The molecule has 0 spiro atoms. The van der Waals surface area contributed by atoms with Crippen LogP contribution in [0.2, 0.25) is 0 Å². The molecule has 2 aromatic rings. The number of rotatable bonds is 3. The molecule has 0 aliphatic carbocycles. The quantitative estimate of drug-likeness (QED) is 0.722. The second-order valence-corrected chi connectivity index (χ2v) is 4.47. The van der Waals surface area contributed by atoms with Gasteiger partial charge in [0.2, 0.25) is 5.13 Å². The van der Waals surface area contributed by atoms with E-state index in [9.17, 15) is 9.90 Å². The summed E-state index contributed by atoms with van der Waals surface area (Å²) in [6.07, 6.45) is 0. The molecule has 0 aliphatic rings.